The minimum absolute atomic E-state index is 0.379. The number of esters is 1. The van der Waals surface area contributed by atoms with E-state index in [0.29, 0.717) is 36.9 Å². The summed E-state index contributed by atoms with van der Waals surface area (Å²) in [6.07, 6.45) is 0.809. The summed E-state index contributed by atoms with van der Waals surface area (Å²) in [5.41, 5.74) is 3.94. The summed E-state index contributed by atoms with van der Waals surface area (Å²) in [5, 5.41) is 3.32. The van der Waals surface area contributed by atoms with E-state index < -0.39 is 0 Å². The lowest BCUT2D eigenvalue weighted by Crippen LogP contribution is -2.17. The van der Waals surface area contributed by atoms with E-state index in [1.807, 2.05) is 31.2 Å². The number of rotatable bonds is 10. The molecule has 0 saturated heterocycles. The molecule has 0 saturated carbocycles. The first-order valence-electron chi connectivity index (χ1n) is 10.1. The minimum atomic E-state index is -0.379. The van der Waals surface area contributed by atoms with Gasteiger partial charge in [-0.05, 0) is 30.7 Å². The molecule has 0 fully saturated rings. The quantitative estimate of drug-likeness (QED) is 0.502. The Kier molecular flexibility index (Phi) is 7.95. The van der Waals surface area contributed by atoms with Crippen LogP contribution in [0.2, 0.25) is 0 Å². The molecule has 0 spiro atoms. The average molecular weight is 421 g/mol. The zero-order chi connectivity index (χ0) is 22.1. The molecule has 0 aliphatic rings. The number of benzene rings is 1. The van der Waals surface area contributed by atoms with Crippen LogP contribution in [0, 0.1) is 6.92 Å². The molecule has 0 aliphatic carbocycles. The Morgan fingerprint density at radius 3 is 2.55 bits per heavy atom. The zero-order valence-corrected chi connectivity index (χ0v) is 18.1. The van der Waals surface area contributed by atoms with Crippen molar-refractivity contribution in [3.05, 3.63) is 82.8 Å². The van der Waals surface area contributed by atoms with Crippen LogP contribution in [0.1, 0.15) is 33.0 Å². The van der Waals surface area contributed by atoms with Gasteiger partial charge in [0.15, 0.2) is 0 Å². The Morgan fingerprint density at radius 2 is 1.81 bits per heavy atom. The number of ether oxygens (including phenoxy) is 3. The molecular weight excluding hydrogens is 394 g/mol. The van der Waals surface area contributed by atoms with Crippen molar-refractivity contribution in [2.45, 2.75) is 26.4 Å². The molecule has 1 aromatic carbocycles. The number of methoxy groups -OCH3 is 2. The van der Waals surface area contributed by atoms with Gasteiger partial charge >= 0.3 is 5.97 Å². The first-order valence-corrected chi connectivity index (χ1v) is 10.1. The van der Waals surface area contributed by atoms with Crippen molar-refractivity contribution in [3.8, 4) is 11.6 Å². The van der Waals surface area contributed by atoms with Gasteiger partial charge in [0.25, 0.3) is 0 Å². The van der Waals surface area contributed by atoms with E-state index in [-0.39, 0.29) is 5.97 Å². The fraction of sp³-hybridized carbons (Fsp3) is 0.292. The smallest absolute Gasteiger partial charge is 0.337 e. The first kappa shape index (κ1) is 22.2. The van der Waals surface area contributed by atoms with Gasteiger partial charge in [0.05, 0.1) is 32.1 Å². The predicted molar refractivity (Wildman–Crippen MR) is 117 cm³/mol. The van der Waals surface area contributed by atoms with Crippen LogP contribution < -0.4 is 14.8 Å². The van der Waals surface area contributed by atoms with E-state index in [9.17, 15) is 4.79 Å². The fourth-order valence-electron chi connectivity index (χ4n) is 3.14. The van der Waals surface area contributed by atoms with Crippen LogP contribution in [0.5, 0.6) is 11.6 Å². The maximum atomic E-state index is 11.8. The summed E-state index contributed by atoms with van der Waals surface area (Å²) in [5.74, 6) is 0.848. The number of nitrogens with one attached hydrogen (secondary N) is 1. The van der Waals surface area contributed by atoms with Gasteiger partial charge in [-0.3, -0.25) is 4.98 Å². The van der Waals surface area contributed by atoms with Crippen LogP contribution in [0.3, 0.4) is 0 Å². The number of pyridine rings is 2. The molecule has 162 valence electrons. The third-order valence-electron chi connectivity index (χ3n) is 4.63. The fourth-order valence-corrected chi connectivity index (χ4v) is 3.14. The first-order chi connectivity index (χ1) is 15.1. The molecule has 0 unspecified atom stereocenters. The van der Waals surface area contributed by atoms with E-state index in [0.717, 1.165) is 23.5 Å². The minimum Gasteiger partial charge on any atom is -0.491 e. The number of aryl methyl sites for hydroxylation is 1. The molecule has 1 N–H and O–H groups in total. The third-order valence-corrected chi connectivity index (χ3v) is 4.63. The van der Waals surface area contributed by atoms with Gasteiger partial charge in [0.1, 0.15) is 11.4 Å². The van der Waals surface area contributed by atoms with Crippen LogP contribution in [-0.2, 0) is 24.2 Å². The summed E-state index contributed by atoms with van der Waals surface area (Å²) in [4.78, 5) is 20.8. The van der Waals surface area contributed by atoms with Crippen LogP contribution in [0.25, 0.3) is 0 Å². The Labute approximate surface area is 182 Å². The van der Waals surface area contributed by atoms with Crippen LogP contribution in [0.4, 0.5) is 0 Å². The Balaban J connectivity index is 1.63. The van der Waals surface area contributed by atoms with Crippen LogP contribution in [-0.4, -0.2) is 36.8 Å². The molecule has 3 rings (SSSR count). The van der Waals surface area contributed by atoms with Gasteiger partial charge < -0.3 is 19.5 Å². The number of hydrogen-bond donors (Lipinski definition) is 1. The van der Waals surface area contributed by atoms with Gasteiger partial charge in [0, 0.05) is 31.3 Å². The Hall–Kier alpha value is -3.45. The molecule has 0 bridgehead atoms. The van der Waals surface area contributed by atoms with Gasteiger partial charge in [-0.1, -0.05) is 30.3 Å². The Bertz CT molecular complexity index is 1010. The van der Waals surface area contributed by atoms with E-state index >= 15 is 0 Å². The van der Waals surface area contributed by atoms with Crippen molar-refractivity contribution < 1.29 is 19.0 Å². The van der Waals surface area contributed by atoms with Crippen molar-refractivity contribution in [2.75, 3.05) is 20.8 Å². The van der Waals surface area contributed by atoms with E-state index in [1.54, 1.807) is 25.3 Å². The summed E-state index contributed by atoms with van der Waals surface area (Å²) in [6.45, 7) is 3.32. The molecule has 0 atom stereocenters. The van der Waals surface area contributed by atoms with Gasteiger partial charge in [-0.25, -0.2) is 9.78 Å². The maximum absolute atomic E-state index is 11.8. The molecule has 0 amide bonds. The molecule has 7 nitrogen and oxygen atoms in total. The molecule has 2 heterocycles. The molecule has 0 aliphatic heterocycles. The average Bonchev–Trinajstić information content (AvgIpc) is 2.79. The molecule has 2 aromatic heterocycles. The molecule has 3 aromatic rings. The number of aromatic nitrogens is 2. The van der Waals surface area contributed by atoms with Crippen molar-refractivity contribution in [2.24, 2.45) is 0 Å². The monoisotopic (exact) mass is 421 g/mol. The lowest BCUT2D eigenvalue weighted by Gasteiger charge is -2.13. The van der Waals surface area contributed by atoms with E-state index in [4.69, 9.17) is 14.2 Å². The number of nitrogens with zero attached hydrogens (tertiary/aromatic N) is 2. The van der Waals surface area contributed by atoms with Crippen LogP contribution >= 0.6 is 0 Å². The van der Waals surface area contributed by atoms with Crippen molar-refractivity contribution in [1.29, 1.82) is 0 Å². The summed E-state index contributed by atoms with van der Waals surface area (Å²) < 4.78 is 16.1. The van der Waals surface area contributed by atoms with Gasteiger partial charge in [0.2, 0.25) is 5.88 Å². The molecule has 0 radical (unpaired) electrons. The SMILES string of the molecule is COC(=O)c1cc(C)nc(CNCc2nc(OC)ccc2OCCc2ccccc2)c1. The summed E-state index contributed by atoms with van der Waals surface area (Å²) in [7, 11) is 2.95. The topological polar surface area (TPSA) is 82.6 Å². The van der Waals surface area contributed by atoms with Gasteiger partial charge in [-0.15, -0.1) is 0 Å². The second-order valence-corrected chi connectivity index (χ2v) is 6.97. The highest BCUT2D eigenvalue weighted by atomic mass is 16.5. The summed E-state index contributed by atoms with van der Waals surface area (Å²) in [6, 6.07) is 17.3. The Morgan fingerprint density at radius 1 is 1.00 bits per heavy atom. The number of hydrogen-bond acceptors (Lipinski definition) is 7. The maximum Gasteiger partial charge on any atom is 0.337 e. The number of carbonyl (C=O) groups excluding carboxylic acids is 1. The highest BCUT2D eigenvalue weighted by Crippen LogP contribution is 2.21. The van der Waals surface area contributed by atoms with Crippen LogP contribution in [0.15, 0.2) is 54.6 Å². The lowest BCUT2D eigenvalue weighted by atomic mass is 10.2. The summed E-state index contributed by atoms with van der Waals surface area (Å²) >= 11 is 0. The zero-order valence-electron chi connectivity index (χ0n) is 18.1. The van der Waals surface area contributed by atoms with E-state index in [1.165, 1.54) is 12.7 Å². The third kappa shape index (κ3) is 6.52. The second kappa shape index (κ2) is 11.1. The second-order valence-electron chi connectivity index (χ2n) is 6.97. The van der Waals surface area contributed by atoms with E-state index in [2.05, 4.69) is 27.4 Å². The molecule has 7 heteroatoms. The largest absolute Gasteiger partial charge is 0.491 e. The lowest BCUT2D eigenvalue weighted by molar-refractivity contribution is 0.0600. The predicted octanol–water partition coefficient (Wildman–Crippen LogP) is 3.49. The van der Waals surface area contributed by atoms with Gasteiger partial charge in [-0.2, -0.15) is 0 Å². The number of carbonyl (C=O) groups is 1. The highest BCUT2D eigenvalue weighted by Gasteiger charge is 2.11. The van der Waals surface area contributed by atoms with Crippen molar-refractivity contribution in [3.63, 3.8) is 0 Å². The molecule has 31 heavy (non-hydrogen) atoms. The highest BCUT2D eigenvalue weighted by molar-refractivity contribution is 5.89. The van der Waals surface area contributed by atoms with Crippen molar-refractivity contribution in [1.82, 2.24) is 15.3 Å². The molecular formula is C24H27N3O4. The van der Waals surface area contributed by atoms with Crippen molar-refractivity contribution >= 4 is 5.97 Å². The standard InChI is InChI=1S/C24H27N3O4/c1-17-13-19(24(28)30-3)14-20(26-17)15-25-16-21-22(9-10-23(27-21)29-2)31-12-11-18-7-5-4-6-8-18/h4-10,13-14,25H,11-12,15-16H2,1-3H3. The normalized spacial score (nSPS) is 10.5.